The van der Waals surface area contributed by atoms with Crippen LogP contribution < -0.4 is 10.6 Å². The van der Waals surface area contributed by atoms with Crippen LogP contribution in [-0.2, 0) is 9.53 Å². The molecule has 0 aromatic heterocycles. The van der Waals surface area contributed by atoms with Gasteiger partial charge in [0.05, 0.1) is 12.3 Å². The molecule has 108 valence electrons. The fourth-order valence-electron chi connectivity index (χ4n) is 2.36. The number of aryl methyl sites for hydroxylation is 1. The largest absolute Gasteiger partial charge is 0.465 e. The van der Waals surface area contributed by atoms with Crippen molar-refractivity contribution in [2.75, 3.05) is 18.1 Å². The van der Waals surface area contributed by atoms with E-state index in [-0.39, 0.29) is 12.5 Å². The zero-order valence-electron chi connectivity index (χ0n) is 11.9. The molecule has 20 heavy (non-hydrogen) atoms. The van der Waals surface area contributed by atoms with Crippen molar-refractivity contribution in [2.24, 2.45) is 5.73 Å². The van der Waals surface area contributed by atoms with E-state index in [2.05, 4.69) is 4.90 Å². The first-order valence-electron chi connectivity index (χ1n) is 6.86. The molecule has 0 aliphatic heterocycles. The first kappa shape index (κ1) is 14.8. The molecule has 1 saturated carbocycles. The molecule has 0 atom stereocenters. The summed E-state index contributed by atoms with van der Waals surface area (Å²) in [6, 6.07) is 6.24. The lowest BCUT2D eigenvalue weighted by atomic mass is 10.1. The Labute approximate surface area is 124 Å². The van der Waals surface area contributed by atoms with Gasteiger partial charge in [0.15, 0.2) is 0 Å². The van der Waals surface area contributed by atoms with Crippen LogP contribution in [0.25, 0.3) is 0 Å². The minimum absolute atomic E-state index is 0.212. The number of thiocarbonyl (C=S) groups is 1. The molecule has 5 heteroatoms. The highest BCUT2D eigenvalue weighted by Crippen LogP contribution is 2.35. The van der Waals surface area contributed by atoms with E-state index in [4.69, 9.17) is 22.7 Å². The number of nitrogens with zero attached hydrogens (tertiary/aromatic N) is 1. The third kappa shape index (κ3) is 3.28. The van der Waals surface area contributed by atoms with Gasteiger partial charge in [0.2, 0.25) is 0 Å². The fourth-order valence-corrected chi connectivity index (χ4v) is 2.53. The van der Waals surface area contributed by atoms with Crippen LogP contribution in [0.5, 0.6) is 0 Å². The minimum atomic E-state index is -0.212. The van der Waals surface area contributed by atoms with E-state index >= 15 is 0 Å². The van der Waals surface area contributed by atoms with Gasteiger partial charge in [-0.15, -0.1) is 0 Å². The maximum Gasteiger partial charge on any atom is 0.325 e. The summed E-state index contributed by atoms with van der Waals surface area (Å²) >= 11 is 5.14. The number of nitrogens with two attached hydrogens (primary N) is 1. The summed E-state index contributed by atoms with van der Waals surface area (Å²) < 4.78 is 5.07. The van der Waals surface area contributed by atoms with E-state index in [0.717, 1.165) is 29.7 Å². The van der Waals surface area contributed by atoms with Gasteiger partial charge in [-0.05, 0) is 38.3 Å². The molecule has 2 N–H and O–H groups in total. The highest BCUT2D eigenvalue weighted by atomic mass is 32.1. The van der Waals surface area contributed by atoms with Gasteiger partial charge in [-0.2, -0.15) is 0 Å². The molecule has 0 heterocycles. The number of anilines is 1. The third-order valence-electron chi connectivity index (χ3n) is 3.38. The summed E-state index contributed by atoms with van der Waals surface area (Å²) in [4.78, 5) is 14.3. The maximum atomic E-state index is 11.8. The SMILES string of the molecule is CCOC(=O)CN(c1c(C)cccc1C(N)=S)C1CC1. The Morgan fingerprint density at radius 3 is 2.75 bits per heavy atom. The van der Waals surface area contributed by atoms with Crippen molar-refractivity contribution in [3.05, 3.63) is 29.3 Å². The molecule has 1 aromatic carbocycles. The van der Waals surface area contributed by atoms with E-state index in [9.17, 15) is 4.79 Å². The van der Waals surface area contributed by atoms with Crippen LogP contribution in [-0.4, -0.2) is 30.2 Å². The minimum Gasteiger partial charge on any atom is -0.465 e. The molecule has 0 saturated heterocycles. The van der Waals surface area contributed by atoms with E-state index in [1.54, 1.807) is 0 Å². The van der Waals surface area contributed by atoms with Gasteiger partial charge in [0.1, 0.15) is 11.5 Å². The van der Waals surface area contributed by atoms with E-state index in [1.807, 2.05) is 32.0 Å². The Bertz CT molecular complexity index is 527. The van der Waals surface area contributed by atoms with Crippen LogP contribution in [0.1, 0.15) is 30.9 Å². The molecule has 1 fully saturated rings. The first-order chi connectivity index (χ1) is 9.54. The number of hydrogen-bond acceptors (Lipinski definition) is 4. The molecule has 0 radical (unpaired) electrons. The number of carbonyl (C=O) groups excluding carboxylic acids is 1. The van der Waals surface area contributed by atoms with Gasteiger partial charge in [-0.3, -0.25) is 4.79 Å². The summed E-state index contributed by atoms with van der Waals surface area (Å²) in [5, 5.41) is 0. The molecule has 2 rings (SSSR count). The molecular weight excluding hydrogens is 272 g/mol. The quantitative estimate of drug-likeness (QED) is 0.643. The van der Waals surface area contributed by atoms with Crippen LogP contribution in [0, 0.1) is 6.92 Å². The zero-order valence-corrected chi connectivity index (χ0v) is 12.7. The Kier molecular flexibility index (Phi) is 4.60. The number of esters is 1. The highest BCUT2D eigenvalue weighted by Gasteiger charge is 2.33. The average molecular weight is 292 g/mol. The smallest absolute Gasteiger partial charge is 0.325 e. The standard InChI is InChI=1S/C15H20N2O2S/c1-3-19-13(18)9-17(11-7-8-11)14-10(2)5-4-6-12(14)15(16)20/h4-6,11H,3,7-9H2,1-2H3,(H2,16,20). The highest BCUT2D eigenvalue weighted by molar-refractivity contribution is 7.80. The number of rotatable bonds is 6. The lowest BCUT2D eigenvalue weighted by Crippen LogP contribution is -2.35. The topological polar surface area (TPSA) is 55.6 Å². The molecule has 1 aromatic rings. The van der Waals surface area contributed by atoms with Crippen molar-refractivity contribution in [1.29, 1.82) is 0 Å². The summed E-state index contributed by atoms with van der Waals surface area (Å²) in [6.07, 6.45) is 2.18. The van der Waals surface area contributed by atoms with Gasteiger partial charge in [0.25, 0.3) is 0 Å². The van der Waals surface area contributed by atoms with Crippen molar-refractivity contribution in [3.8, 4) is 0 Å². The molecular formula is C15H20N2O2S. The van der Waals surface area contributed by atoms with Crippen molar-refractivity contribution in [2.45, 2.75) is 32.7 Å². The Hall–Kier alpha value is -1.62. The van der Waals surface area contributed by atoms with Crippen LogP contribution in [0.4, 0.5) is 5.69 Å². The number of ether oxygens (including phenoxy) is 1. The Morgan fingerprint density at radius 1 is 1.50 bits per heavy atom. The van der Waals surface area contributed by atoms with E-state index in [1.165, 1.54) is 0 Å². The molecule has 0 spiro atoms. The van der Waals surface area contributed by atoms with Gasteiger partial charge in [-0.1, -0.05) is 24.4 Å². The molecule has 4 nitrogen and oxygen atoms in total. The van der Waals surface area contributed by atoms with Crippen LogP contribution >= 0.6 is 12.2 Å². The average Bonchev–Trinajstić information content (AvgIpc) is 3.20. The Morgan fingerprint density at radius 2 is 2.20 bits per heavy atom. The van der Waals surface area contributed by atoms with Crippen LogP contribution in [0.15, 0.2) is 18.2 Å². The number of benzene rings is 1. The van der Waals surface area contributed by atoms with E-state index in [0.29, 0.717) is 17.6 Å². The van der Waals surface area contributed by atoms with Crippen molar-refractivity contribution < 1.29 is 9.53 Å². The second kappa shape index (κ2) is 6.22. The number of hydrogen-bond donors (Lipinski definition) is 1. The monoisotopic (exact) mass is 292 g/mol. The lowest BCUT2D eigenvalue weighted by molar-refractivity contribution is -0.141. The lowest BCUT2D eigenvalue weighted by Gasteiger charge is -2.27. The number of carbonyl (C=O) groups is 1. The van der Waals surface area contributed by atoms with Crippen molar-refractivity contribution in [1.82, 2.24) is 0 Å². The predicted octanol–water partition coefficient (Wildman–Crippen LogP) is 2.16. The predicted molar refractivity (Wildman–Crippen MR) is 84.1 cm³/mol. The van der Waals surface area contributed by atoms with E-state index < -0.39 is 0 Å². The normalized spacial score (nSPS) is 13.9. The summed E-state index contributed by atoms with van der Waals surface area (Å²) in [6.45, 7) is 4.47. The molecule has 0 bridgehead atoms. The first-order valence-corrected chi connectivity index (χ1v) is 7.27. The maximum absolute atomic E-state index is 11.8. The van der Waals surface area contributed by atoms with Crippen molar-refractivity contribution in [3.63, 3.8) is 0 Å². The van der Waals surface area contributed by atoms with Gasteiger partial charge in [0, 0.05) is 11.6 Å². The summed E-state index contributed by atoms with van der Waals surface area (Å²) in [5.74, 6) is -0.212. The second-order valence-electron chi connectivity index (χ2n) is 5.00. The van der Waals surface area contributed by atoms with Gasteiger partial charge >= 0.3 is 5.97 Å². The molecule has 0 unspecified atom stereocenters. The summed E-state index contributed by atoms with van der Waals surface area (Å²) in [5.41, 5.74) is 8.69. The fraction of sp³-hybridized carbons (Fsp3) is 0.467. The number of para-hydroxylation sites is 1. The van der Waals surface area contributed by atoms with Crippen molar-refractivity contribution >= 4 is 28.9 Å². The molecule has 1 aliphatic rings. The van der Waals surface area contributed by atoms with Crippen LogP contribution in [0.3, 0.4) is 0 Å². The third-order valence-corrected chi connectivity index (χ3v) is 3.60. The van der Waals surface area contributed by atoms with Crippen LogP contribution in [0.2, 0.25) is 0 Å². The second-order valence-corrected chi connectivity index (χ2v) is 5.44. The van der Waals surface area contributed by atoms with Gasteiger partial charge < -0.3 is 15.4 Å². The summed E-state index contributed by atoms with van der Waals surface area (Å²) in [7, 11) is 0. The molecule has 0 amide bonds. The molecule has 1 aliphatic carbocycles. The van der Waals surface area contributed by atoms with Gasteiger partial charge in [-0.25, -0.2) is 0 Å². The Balaban J connectivity index is 2.34. The zero-order chi connectivity index (χ0) is 14.7.